The molecular formula is C12H24N2. The third kappa shape index (κ3) is 1.96. The summed E-state index contributed by atoms with van der Waals surface area (Å²) in [6.45, 7) is 7.42. The Hall–Kier alpha value is -0.0800. The molecule has 0 radical (unpaired) electrons. The van der Waals surface area contributed by atoms with Gasteiger partial charge in [0.25, 0.3) is 0 Å². The van der Waals surface area contributed by atoms with Gasteiger partial charge in [-0.25, -0.2) is 0 Å². The predicted molar refractivity (Wildman–Crippen MR) is 60.5 cm³/mol. The first kappa shape index (κ1) is 10.4. The lowest BCUT2D eigenvalue weighted by Gasteiger charge is -2.44. The molecule has 2 aliphatic rings. The average Bonchev–Trinajstić information content (AvgIpc) is 3.01. The minimum absolute atomic E-state index is 0.454. The molecule has 2 rings (SSSR count). The Kier molecular flexibility index (Phi) is 2.85. The van der Waals surface area contributed by atoms with Crippen LogP contribution in [0.25, 0.3) is 0 Å². The largest absolute Gasteiger partial charge is 0.316 e. The molecule has 2 nitrogen and oxygen atoms in total. The predicted octanol–water partition coefficient (Wildman–Crippen LogP) is 1.86. The molecule has 2 heteroatoms. The first-order valence-electron chi connectivity index (χ1n) is 6.07. The fourth-order valence-corrected chi connectivity index (χ4v) is 2.78. The Balaban J connectivity index is 1.95. The van der Waals surface area contributed by atoms with Crippen LogP contribution >= 0.6 is 0 Å². The standard InChI is InChI=1S/C12H24N2/c1-12(2,10-6-7-10)14-8-4-5-11(9-14)13-3/h10-11,13H,4-9H2,1-3H3. The van der Waals surface area contributed by atoms with Gasteiger partial charge in [0, 0.05) is 18.1 Å². The van der Waals surface area contributed by atoms with Gasteiger partial charge in [-0.05, 0) is 59.0 Å². The second-order valence-corrected chi connectivity index (χ2v) is 5.50. The summed E-state index contributed by atoms with van der Waals surface area (Å²) >= 11 is 0. The maximum absolute atomic E-state index is 3.42. The Morgan fingerprint density at radius 1 is 1.21 bits per heavy atom. The van der Waals surface area contributed by atoms with E-state index in [0.717, 1.165) is 12.0 Å². The van der Waals surface area contributed by atoms with Crippen molar-refractivity contribution in [3.8, 4) is 0 Å². The van der Waals surface area contributed by atoms with E-state index >= 15 is 0 Å². The van der Waals surface area contributed by atoms with Crippen molar-refractivity contribution < 1.29 is 0 Å². The van der Waals surface area contributed by atoms with Gasteiger partial charge in [-0.15, -0.1) is 0 Å². The quantitative estimate of drug-likeness (QED) is 0.741. The van der Waals surface area contributed by atoms with Crippen molar-refractivity contribution >= 4 is 0 Å². The van der Waals surface area contributed by atoms with Crippen LogP contribution in [0.3, 0.4) is 0 Å². The molecule has 1 aliphatic heterocycles. The molecule has 1 heterocycles. The fourth-order valence-electron chi connectivity index (χ4n) is 2.78. The van der Waals surface area contributed by atoms with Crippen LogP contribution in [0.2, 0.25) is 0 Å². The maximum atomic E-state index is 3.42. The average molecular weight is 196 g/mol. The summed E-state index contributed by atoms with van der Waals surface area (Å²) in [5.74, 6) is 0.970. The monoisotopic (exact) mass is 196 g/mol. The fraction of sp³-hybridized carbons (Fsp3) is 1.00. The summed E-state index contributed by atoms with van der Waals surface area (Å²) in [6.07, 6.45) is 5.62. The highest BCUT2D eigenvalue weighted by molar-refractivity contribution is 4.98. The van der Waals surface area contributed by atoms with Crippen LogP contribution in [-0.4, -0.2) is 36.6 Å². The van der Waals surface area contributed by atoms with Crippen LogP contribution in [0.5, 0.6) is 0 Å². The van der Waals surface area contributed by atoms with Gasteiger partial charge in [0.1, 0.15) is 0 Å². The zero-order chi connectivity index (χ0) is 10.2. The summed E-state index contributed by atoms with van der Waals surface area (Å²) in [6, 6.07) is 0.724. The summed E-state index contributed by atoms with van der Waals surface area (Å²) < 4.78 is 0. The van der Waals surface area contributed by atoms with Crippen LogP contribution in [0.15, 0.2) is 0 Å². The van der Waals surface area contributed by atoms with E-state index in [4.69, 9.17) is 0 Å². The molecule has 0 spiro atoms. The molecule has 1 saturated carbocycles. The van der Waals surface area contributed by atoms with E-state index in [9.17, 15) is 0 Å². The molecule has 82 valence electrons. The normalized spacial score (nSPS) is 30.6. The molecule has 1 aliphatic carbocycles. The second kappa shape index (κ2) is 3.82. The molecule has 1 atom stereocenters. The second-order valence-electron chi connectivity index (χ2n) is 5.50. The lowest BCUT2D eigenvalue weighted by atomic mass is 9.92. The van der Waals surface area contributed by atoms with Gasteiger partial charge < -0.3 is 5.32 Å². The molecule has 1 N–H and O–H groups in total. The number of nitrogens with zero attached hydrogens (tertiary/aromatic N) is 1. The van der Waals surface area contributed by atoms with E-state index < -0.39 is 0 Å². The van der Waals surface area contributed by atoms with Crippen molar-refractivity contribution in [1.82, 2.24) is 10.2 Å². The van der Waals surface area contributed by atoms with Gasteiger partial charge in [0.05, 0.1) is 0 Å². The highest BCUT2D eigenvalue weighted by atomic mass is 15.2. The van der Waals surface area contributed by atoms with E-state index in [1.165, 1.54) is 38.8 Å². The smallest absolute Gasteiger partial charge is 0.0192 e. The van der Waals surface area contributed by atoms with Crippen molar-refractivity contribution in [3.05, 3.63) is 0 Å². The van der Waals surface area contributed by atoms with Crippen molar-refractivity contribution in [2.75, 3.05) is 20.1 Å². The number of hydrogen-bond donors (Lipinski definition) is 1. The minimum atomic E-state index is 0.454. The molecule has 1 unspecified atom stereocenters. The van der Waals surface area contributed by atoms with E-state index in [0.29, 0.717) is 5.54 Å². The molecule has 1 saturated heterocycles. The highest BCUT2D eigenvalue weighted by Crippen LogP contribution is 2.43. The zero-order valence-corrected chi connectivity index (χ0v) is 9.84. The van der Waals surface area contributed by atoms with Crippen LogP contribution < -0.4 is 5.32 Å². The van der Waals surface area contributed by atoms with E-state index in [2.05, 4.69) is 31.1 Å². The molecule has 0 aromatic heterocycles. The van der Waals surface area contributed by atoms with Gasteiger partial charge in [-0.1, -0.05) is 0 Å². The molecule has 0 bridgehead atoms. The van der Waals surface area contributed by atoms with Crippen LogP contribution in [-0.2, 0) is 0 Å². The summed E-state index contributed by atoms with van der Waals surface area (Å²) in [5.41, 5.74) is 0.454. The van der Waals surface area contributed by atoms with E-state index in [1.807, 2.05) is 0 Å². The Morgan fingerprint density at radius 2 is 1.93 bits per heavy atom. The minimum Gasteiger partial charge on any atom is -0.316 e. The first-order chi connectivity index (χ1) is 6.64. The van der Waals surface area contributed by atoms with E-state index in [-0.39, 0.29) is 0 Å². The number of rotatable bonds is 3. The Labute approximate surface area is 88.1 Å². The number of piperidine rings is 1. The van der Waals surface area contributed by atoms with Gasteiger partial charge >= 0.3 is 0 Å². The SMILES string of the molecule is CNC1CCCN(C(C)(C)C2CC2)C1. The lowest BCUT2D eigenvalue weighted by molar-refractivity contribution is 0.0629. The van der Waals surface area contributed by atoms with Crippen molar-refractivity contribution in [1.29, 1.82) is 0 Å². The first-order valence-corrected chi connectivity index (χ1v) is 6.07. The Morgan fingerprint density at radius 3 is 2.50 bits per heavy atom. The number of likely N-dealkylation sites (N-methyl/N-ethyl adjacent to an activating group) is 1. The molecule has 14 heavy (non-hydrogen) atoms. The summed E-state index contributed by atoms with van der Waals surface area (Å²) in [7, 11) is 2.10. The van der Waals surface area contributed by atoms with Crippen molar-refractivity contribution in [2.24, 2.45) is 5.92 Å². The summed E-state index contributed by atoms with van der Waals surface area (Å²) in [4.78, 5) is 2.70. The van der Waals surface area contributed by atoms with Gasteiger partial charge in [0.15, 0.2) is 0 Å². The van der Waals surface area contributed by atoms with E-state index in [1.54, 1.807) is 0 Å². The maximum Gasteiger partial charge on any atom is 0.0192 e. The third-order valence-electron chi connectivity index (χ3n) is 4.22. The van der Waals surface area contributed by atoms with Crippen LogP contribution in [0, 0.1) is 5.92 Å². The van der Waals surface area contributed by atoms with Gasteiger partial charge in [-0.3, -0.25) is 4.90 Å². The van der Waals surface area contributed by atoms with Crippen molar-refractivity contribution in [3.63, 3.8) is 0 Å². The number of nitrogens with one attached hydrogen (secondary N) is 1. The van der Waals surface area contributed by atoms with Crippen LogP contribution in [0.1, 0.15) is 39.5 Å². The summed E-state index contributed by atoms with van der Waals surface area (Å²) in [5, 5.41) is 3.42. The zero-order valence-electron chi connectivity index (χ0n) is 9.84. The molecular weight excluding hydrogens is 172 g/mol. The molecule has 0 aromatic rings. The van der Waals surface area contributed by atoms with Gasteiger partial charge in [0.2, 0.25) is 0 Å². The number of likely N-dealkylation sites (tertiary alicyclic amines) is 1. The molecule has 0 aromatic carbocycles. The van der Waals surface area contributed by atoms with Crippen LogP contribution in [0.4, 0.5) is 0 Å². The lowest BCUT2D eigenvalue weighted by Crippen LogP contribution is -2.54. The Bertz CT molecular complexity index is 196. The third-order valence-corrected chi connectivity index (χ3v) is 4.22. The van der Waals surface area contributed by atoms with Gasteiger partial charge in [-0.2, -0.15) is 0 Å². The molecule has 2 fully saturated rings. The topological polar surface area (TPSA) is 15.3 Å². The highest BCUT2D eigenvalue weighted by Gasteiger charge is 2.42. The van der Waals surface area contributed by atoms with Crippen molar-refractivity contribution in [2.45, 2.75) is 51.1 Å². The molecule has 0 amide bonds. The number of hydrogen-bond acceptors (Lipinski definition) is 2.